The predicted molar refractivity (Wildman–Crippen MR) is 121 cm³/mol. The second kappa shape index (κ2) is 9.69. The van der Waals surface area contributed by atoms with Gasteiger partial charge in [0.15, 0.2) is 0 Å². The van der Waals surface area contributed by atoms with E-state index in [2.05, 4.69) is 0 Å². The van der Waals surface area contributed by atoms with Gasteiger partial charge in [-0.25, -0.2) is 12.8 Å². The van der Waals surface area contributed by atoms with E-state index in [9.17, 15) is 17.6 Å². The van der Waals surface area contributed by atoms with Gasteiger partial charge in [-0.15, -0.1) is 0 Å². The van der Waals surface area contributed by atoms with Crippen molar-refractivity contribution in [2.24, 2.45) is 5.92 Å². The van der Waals surface area contributed by atoms with Gasteiger partial charge >= 0.3 is 0 Å². The number of likely N-dealkylation sites (tertiary alicyclic amines) is 1. The normalized spacial score (nSPS) is 21.7. The molecule has 178 valence electrons. The second-order valence-electron chi connectivity index (χ2n) is 8.45. The summed E-state index contributed by atoms with van der Waals surface area (Å²) in [5.74, 6) is 0.435. The van der Waals surface area contributed by atoms with Crippen LogP contribution in [0.3, 0.4) is 0 Å². The van der Waals surface area contributed by atoms with Crippen molar-refractivity contribution < 1.29 is 27.1 Å². The highest BCUT2D eigenvalue weighted by Crippen LogP contribution is 2.40. The zero-order chi connectivity index (χ0) is 23.6. The zero-order valence-electron chi connectivity index (χ0n) is 18.9. The highest BCUT2D eigenvalue weighted by Gasteiger charge is 2.39. The number of benzene rings is 2. The van der Waals surface area contributed by atoms with Gasteiger partial charge in [-0.2, -0.15) is 4.31 Å². The minimum absolute atomic E-state index is 0.0390. The molecule has 0 bridgehead atoms. The Morgan fingerprint density at radius 3 is 2.42 bits per heavy atom. The Bertz CT molecular complexity index is 1110. The minimum atomic E-state index is -3.79. The molecular weight excluding hydrogens is 447 g/mol. The molecule has 0 radical (unpaired) electrons. The third kappa shape index (κ3) is 4.70. The topological polar surface area (TPSA) is 76.2 Å². The largest absolute Gasteiger partial charge is 0.497 e. The molecule has 0 saturated carbocycles. The SMILES string of the molecule is COc1ccc(OC)c(C2CCCN2C(=O)C2CCCN(S(=O)(=O)c3ccc(F)cc3)C2)c1. The van der Waals surface area contributed by atoms with Crippen molar-refractivity contribution >= 4 is 15.9 Å². The van der Waals surface area contributed by atoms with E-state index in [1.165, 1.54) is 16.4 Å². The molecule has 33 heavy (non-hydrogen) atoms. The number of carbonyl (C=O) groups excluding carboxylic acids is 1. The summed E-state index contributed by atoms with van der Waals surface area (Å²) < 4.78 is 51.7. The summed E-state index contributed by atoms with van der Waals surface area (Å²) in [6, 6.07) is 10.2. The zero-order valence-corrected chi connectivity index (χ0v) is 19.7. The Kier molecular flexibility index (Phi) is 6.90. The first kappa shape index (κ1) is 23.5. The van der Waals surface area contributed by atoms with E-state index in [-0.39, 0.29) is 23.4 Å². The van der Waals surface area contributed by atoms with Crippen molar-refractivity contribution in [2.75, 3.05) is 33.9 Å². The number of nitrogens with zero attached hydrogens (tertiary/aromatic N) is 2. The van der Waals surface area contributed by atoms with E-state index in [1.807, 2.05) is 23.1 Å². The van der Waals surface area contributed by atoms with Crippen LogP contribution >= 0.6 is 0 Å². The standard InChI is InChI=1S/C24H29FN2O5S/c1-31-19-9-12-23(32-2)21(15-19)22-6-4-14-27(22)24(28)17-5-3-13-26(16-17)33(29,30)20-10-7-18(25)8-11-20/h7-12,15,17,22H,3-6,13-14,16H2,1-2H3. The number of ether oxygens (including phenoxy) is 2. The molecule has 2 saturated heterocycles. The molecule has 2 atom stereocenters. The van der Waals surface area contributed by atoms with Crippen LogP contribution in [-0.2, 0) is 14.8 Å². The summed E-state index contributed by atoms with van der Waals surface area (Å²) in [6.45, 7) is 1.08. The fourth-order valence-corrected chi connectivity index (χ4v) is 6.33. The van der Waals surface area contributed by atoms with Gasteiger partial charge < -0.3 is 14.4 Å². The molecule has 1 amide bonds. The predicted octanol–water partition coefficient (Wildman–Crippen LogP) is 3.61. The van der Waals surface area contributed by atoms with Gasteiger partial charge in [0.05, 0.1) is 31.1 Å². The monoisotopic (exact) mass is 476 g/mol. The first-order chi connectivity index (χ1) is 15.8. The maximum absolute atomic E-state index is 13.6. The summed E-state index contributed by atoms with van der Waals surface area (Å²) in [5, 5.41) is 0. The highest BCUT2D eigenvalue weighted by atomic mass is 32.2. The van der Waals surface area contributed by atoms with Crippen LogP contribution in [0.4, 0.5) is 4.39 Å². The molecule has 2 fully saturated rings. The molecule has 0 N–H and O–H groups in total. The minimum Gasteiger partial charge on any atom is -0.497 e. The number of piperidine rings is 1. The summed E-state index contributed by atoms with van der Waals surface area (Å²) in [6.07, 6.45) is 2.89. The number of hydrogen-bond donors (Lipinski definition) is 0. The number of amides is 1. The molecule has 2 heterocycles. The fraction of sp³-hybridized carbons (Fsp3) is 0.458. The Labute approximate surface area is 194 Å². The van der Waals surface area contributed by atoms with Crippen LogP contribution in [0.2, 0.25) is 0 Å². The highest BCUT2D eigenvalue weighted by molar-refractivity contribution is 7.89. The number of halogens is 1. The lowest BCUT2D eigenvalue weighted by Crippen LogP contribution is -2.46. The van der Waals surface area contributed by atoms with Gasteiger partial charge in [0.2, 0.25) is 15.9 Å². The molecule has 2 aliphatic heterocycles. The van der Waals surface area contributed by atoms with Gasteiger partial charge in [-0.05, 0) is 68.1 Å². The van der Waals surface area contributed by atoms with Crippen LogP contribution in [0.15, 0.2) is 47.4 Å². The molecule has 7 nitrogen and oxygen atoms in total. The van der Waals surface area contributed by atoms with Crippen LogP contribution in [0.5, 0.6) is 11.5 Å². The lowest BCUT2D eigenvalue weighted by Gasteiger charge is -2.35. The molecule has 9 heteroatoms. The number of hydrogen-bond acceptors (Lipinski definition) is 5. The van der Waals surface area contributed by atoms with Crippen molar-refractivity contribution in [1.82, 2.24) is 9.21 Å². The van der Waals surface area contributed by atoms with Gasteiger partial charge in [0.1, 0.15) is 17.3 Å². The average Bonchev–Trinajstić information content (AvgIpc) is 3.33. The maximum atomic E-state index is 13.6. The smallest absolute Gasteiger partial charge is 0.243 e. The van der Waals surface area contributed by atoms with Crippen LogP contribution in [0, 0.1) is 11.7 Å². The molecule has 2 unspecified atom stereocenters. The molecule has 0 aromatic heterocycles. The van der Waals surface area contributed by atoms with Crippen molar-refractivity contribution in [2.45, 2.75) is 36.6 Å². The van der Waals surface area contributed by atoms with Gasteiger partial charge in [-0.1, -0.05) is 0 Å². The quantitative estimate of drug-likeness (QED) is 0.637. The van der Waals surface area contributed by atoms with Crippen molar-refractivity contribution in [1.29, 1.82) is 0 Å². The summed E-state index contributed by atoms with van der Waals surface area (Å²) >= 11 is 0. The molecule has 2 aliphatic rings. The Balaban J connectivity index is 1.54. The molecule has 2 aromatic carbocycles. The molecule has 0 spiro atoms. The lowest BCUT2D eigenvalue weighted by molar-refractivity contribution is -0.137. The number of carbonyl (C=O) groups is 1. The van der Waals surface area contributed by atoms with E-state index in [0.717, 1.165) is 30.5 Å². The van der Waals surface area contributed by atoms with Crippen LogP contribution < -0.4 is 9.47 Å². The first-order valence-electron chi connectivity index (χ1n) is 11.1. The summed E-state index contributed by atoms with van der Waals surface area (Å²) in [7, 11) is -0.593. The number of methoxy groups -OCH3 is 2. The Morgan fingerprint density at radius 1 is 1.00 bits per heavy atom. The van der Waals surface area contributed by atoms with E-state index >= 15 is 0 Å². The van der Waals surface area contributed by atoms with Crippen molar-refractivity contribution in [3.05, 3.63) is 53.8 Å². The van der Waals surface area contributed by atoms with Gasteiger partial charge in [0, 0.05) is 25.2 Å². The molecule has 4 rings (SSSR count). The van der Waals surface area contributed by atoms with Crippen molar-refractivity contribution in [3.63, 3.8) is 0 Å². The molecule has 0 aliphatic carbocycles. The van der Waals surface area contributed by atoms with Gasteiger partial charge in [0.25, 0.3) is 0 Å². The third-order valence-corrected chi connectivity index (χ3v) is 8.40. The number of rotatable bonds is 6. The second-order valence-corrected chi connectivity index (χ2v) is 10.4. The molecular formula is C24H29FN2O5S. The summed E-state index contributed by atoms with van der Waals surface area (Å²) in [5.41, 5.74) is 0.897. The summed E-state index contributed by atoms with van der Waals surface area (Å²) in [4.78, 5) is 15.5. The Hall–Kier alpha value is -2.65. The van der Waals surface area contributed by atoms with E-state index < -0.39 is 21.8 Å². The lowest BCUT2D eigenvalue weighted by atomic mass is 9.96. The van der Waals surface area contributed by atoms with E-state index in [1.54, 1.807) is 14.2 Å². The average molecular weight is 477 g/mol. The first-order valence-corrected chi connectivity index (χ1v) is 12.6. The third-order valence-electron chi connectivity index (χ3n) is 6.52. The van der Waals surface area contributed by atoms with Crippen LogP contribution in [0.1, 0.15) is 37.3 Å². The van der Waals surface area contributed by atoms with Crippen LogP contribution in [-0.4, -0.2) is 57.4 Å². The van der Waals surface area contributed by atoms with Gasteiger partial charge in [-0.3, -0.25) is 4.79 Å². The maximum Gasteiger partial charge on any atom is 0.243 e. The fourth-order valence-electron chi connectivity index (χ4n) is 4.81. The van der Waals surface area contributed by atoms with E-state index in [4.69, 9.17) is 9.47 Å². The molecule has 2 aromatic rings. The van der Waals surface area contributed by atoms with Crippen LogP contribution in [0.25, 0.3) is 0 Å². The Morgan fingerprint density at radius 2 is 1.73 bits per heavy atom. The van der Waals surface area contributed by atoms with Crippen molar-refractivity contribution in [3.8, 4) is 11.5 Å². The van der Waals surface area contributed by atoms with E-state index in [0.29, 0.717) is 37.4 Å². The number of sulfonamides is 1.